The first-order valence-corrected chi connectivity index (χ1v) is 10.1. The number of fused-ring (bicyclic) bond motifs is 2. The Hall–Kier alpha value is -3.66. The highest BCUT2D eigenvalue weighted by Gasteiger charge is 2.18. The van der Waals surface area contributed by atoms with Gasteiger partial charge in [-0.05, 0) is 71.9 Å². The quantitative estimate of drug-likeness (QED) is 0.496. The van der Waals surface area contributed by atoms with Crippen molar-refractivity contribution in [1.29, 1.82) is 0 Å². The third kappa shape index (κ3) is 4.18. The highest BCUT2D eigenvalue weighted by atomic mass is 16.5. The molecule has 0 aliphatic heterocycles. The van der Waals surface area contributed by atoms with Crippen LogP contribution in [-0.2, 0) is 22.4 Å². The number of esters is 1. The van der Waals surface area contributed by atoms with Gasteiger partial charge in [0.2, 0.25) is 5.91 Å². The van der Waals surface area contributed by atoms with Gasteiger partial charge in [-0.25, -0.2) is 4.79 Å². The molecule has 1 N–H and O–H groups in total. The molecule has 150 valence electrons. The van der Waals surface area contributed by atoms with E-state index < -0.39 is 0 Å². The van der Waals surface area contributed by atoms with E-state index in [4.69, 9.17) is 4.74 Å². The van der Waals surface area contributed by atoms with Crippen molar-refractivity contribution in [3.8, 4) is 0 Å². The molecule has 0 spiro atoms. The zero-order valence-electron chi connectivity index (χ0n) is 16.9. The normalized spacial score (nSPS) is 12.2. The smallest absolute Gasteiger partial charge is 0.338 e. The lowest BCUT2D eigenvalue weighted by molar-refractivity contribution is -0.111. The van der Waals surface area contributed by atoms with Crippen LogP contribution in [0.15, 0.2) is 78.9 Å². The second-order valence-corrected chi connectivity index (χ2v) is 7.16. The van der Waals surface area contributed by atoms with Crippen molar-refractivity contribution in [2.24, 2.45) is 0 Å². The van der Waals surface area contributed by atoms with Gasteiger partial charge in [0.25, 0.3) is 0 Å². The minimum Gasteiger partial charge on any atom is -0.462 e. The molecule has 0 fully saturated rings. The van der Waals surface area contributed by atoms with Gasteiger partial charge in [0.05, 0.1) is 12.2 Å². The lowest BCUT2D eigenvalue weighted by atomic mass is 9.93. The van der Waals surface area contributed by atoms with Crippen LogP contribution in [0.3, 0.4) is 0 Å². The molecule has 3 aromatic carbocycles. The number of anilines is 1. The number of ether oxygens (including phenoxy) is 1. The number of hydrogen-bond acceptors (Lipinski definition) is 3. The molecule has 0 saturated carbocycles. The number of rotatable bonds is 4. The van der Waals surface area contributed by atoms with Crippen molar-refractivity contribution in [3.05, 3.63) is 107 Å². The third-order valence-corrected chi connectivity index (χ3v) is 5.22. The van der Waals surface area contributed by atoms with Gasteiger partial charge < -0.3 is 10.1 Å². The highest BCUT2D eigenvalue weighted by molar-refractivity contribution is 6.07. The molecule has 0 atom stereocenters. The summed E-state index contributed by atoms with van der Waals surface area (Å²) in [6, 6.07) is 23.2. The highest BCUT2D eigenvalue weighted by Crippen LogP contribution is 2.33. The summed E-state index contributed by atoms with van der Waals surface area (Å²) < 4.78 is 4.99. The maximum atomic E-state index is 12.9. The van der Waals surface area contributed by atoms with Crippen molar-refractivity contribution >= 4 is 23.1 Å². The van der Waals surface area contributed by atoms with Gasteiger partial charge in [0.15, 0.2) is 0 Å². The van der Waals surface area contributed by atoms with E-state index in [1.165, 1.54) is 11.1 Å². The average Bonchev–Trinajstić information content (AvgIpc) is 2.92. The summed E-state index contributed by atoms with van der Waals surface area (Å²) in [6.07, 6.45) is 3.56. The second-order valence-electron chi connectivity index (χ2n) is 7.16. The largest absolute Gasteiger partial charge is 0.462 e. The van der Waals surface area contributed by atoms with Crippen LogP contribution in [0.25, 0.3) is 5.57 Å². The van der Waals surface area contributed by atoms with Crippen LogP contribution in [0.4, 0.5) is 5.69 Å². The Balaban J connectivity index is 1.63. The second kappa shape index (κ2) is 8.78. The SMILES string of the molecule is CCOC(=O)c1ccc(NC(=O)C=C2c3ccccc3CCc3ccccc32)cc1. The number of aryl methyl sites for hydroxylation is 2. The fourth-order valence-corrected chi connectivity index (χ4v) is 3.79. The molecule has 0 aromatic heterocycles. The number of carbonyl (C=O) groups excluding carboxylic acids is 2. The van der Waals surface area contributed by atoms with Gasteiger partial charge in [-0.2, -0.15) is 0 Å². The van der Waals surface area contributed by atoms with Gasteiger partial charge in [-0.15, -0.1) is 0 Å². The molecule has 4 heteroatoms. The van der Waals surface area contributed by atoms with E-state index in [-0.39, 0.29) is 11.9 Å². The molecule has 30 heavy (non-hydrogen) atoms. The molecule has 3 aromatic rings. The summed E-state index contributed by atoms with van der Waals surface area (Å²) in [5.74, 6) is -0.579. The predicted octanol–water partition coefficient (Wildman–Crippen LogP) is 5.03. The van der Waals surface area contributed by atoms with Crippen LogP contribution in [0.2, 0.25) is 0 Å². The standard InChI is InChI=1S/C26H23NO3/c1-2-30-26(29)20-13-15-21(16-14-20)27-25(28)17-24-22-9-5-3-7-18(22)11-12-19-8-4-6-10-23(19)24/h3-10,13-17H,2,11-12H2,1H3,(H,27,28). The molecule has 1 amide bonds. The van der Waals surface area contributed by atoms with Crippen LogP contribution < -0.4 is 5.32 Å². The van der Waals surface area contributed by atoms with Crippen molar-refractivity contribution < 1.29 is 14.3 Å². The van der Waals surface area contributed by atoms with E-state index in [1.807, 2.05) is 24.3 Å². The summed E-state index contributed by atoms with van der Waals surface area (Å²) in [5.41, 5.74) is 6.68. The number of hydrogen-bond donors (Lipinski definition) is 1. The van der Waals surface area contributed by atoms with Gasteiger partial charge in [0, 0.05) is 11.8 Å². The van der Waals surface area contributed by atoms with Crippen LogP contribution in [0.1, 0.15) is 39.5 Å². The predicted molar refractivity (Wildman–Crippen MR) is 118 cm³/mol. The summed E-state index contributed by atoms with van der Waals surface area (Å²) in [7, 11) is 0. The molecule has 0 heterocycles. The molecule has 4 nitrogen and oxygen atoms in total. The number of amides is 1. The first-order valence-electron chi connectivity index (χ1n) is 10.1. The van der Waals surface area contributed by atoms with E-state index in [1.54, 1.807) is 37.3 Å². The lowest BCUT2D eigenvalue weighted by Crippen LogP contribution is -2.10. The van der Waals surface area contributed by atoms with Crippen molar-refractivity contribution in [2.75, 3.05) is 11.9 Å². The topological polar surface area (TPSA) is 55.4 Å². The van der Waals surface area contributed by atoms with Gasteiger partial charge in [0.1, 0.15) is 0 Å². The Morgan fingerprint density at radius 1 is 0.867 bits per heavy atom. The van der Waals surface area contributed by atoms with E-state index >= 15 is 0 Å². The third-order valence-electron chi connectivity index (χ3n) is 5.22. The number of carbonyl (C=O) groups is 2. The molecule has 0 saturated heterocycles. The molecule has 4 rings (SSSR count). The molecule has 1 aliphatic rings. The Morgan fingerprint density at radius 3 is 2.00 bits per heavy atom. The molecule has 0 radical (unpaired) electrons. The first kappa shape index (κ1) is 19.6. The Bertz CT molecular complexity index is 1060. The van der Waals surface area contributed by atoms with E-state index in [0.717, 1.165) is 29.5 Å². The summed E-state index contributed by atoms with van der Waals surface area (Å²) in [5, 5.41) is 2.90. The van der Waals surface area contributed by atoms with Gasteiger partial charge >= 0.3 is 5.97 Å². The first-order chi connectivity index (χ1) is 14.7. The molecule has 1 aliphatic carbocycles. The maximum absolute atomic E-state index is 12.9. The lowest BCUT2D eigenvalue weighted by Gasteiger charge is -2.12. The van der Waals surface area contributed by atoms with Crippen LogP contribution in [0, 0.1) is 0 Å². The Morgan fingerprint density at radius 2 is 1.43 bits per heavy atom. The van der Waals surface area contributed by atoms with Crippen molar-refractivity contribution in [2.45, 2.75) is 19.8 Å². The number of benzene rings is 3. The van der Waals surface area contributed by atoms with Gasteiger partial charge in [-0.1, -0.05) is 48.5 Å². The van der Waals surface area contributed by atoms with E-state index in [9.17, 15) is 9.59 Å². The van der Waals surface area contributed by atoms with Crippen molar-refractivity contribution in [1.82, 2.24) is 0 Å². The van der Waals surface area contributed by atoms with Crippen molar-refractivity contribution in [3.63, 3.8) is 0 Å². The zero-order valence-corrected chi connectivity index (χ0v) is 16.9. The van der Waals surface area contributed by atoms with E-state index in [0.29, 0.717) is 17.9 Å². The van der Waals surface area contributed by atoms with Crippen LogP contribution in [-0.4, -0.2) is 18.5 Å². The molecule has 0 unspecified atom stereocenters. The minimum absolute atomic E-state index is 0.208. The summed E-state index contributed by atoms with van der Waals surface area (Å²) in [4.78, 5) is 24.6. The summed E-state index contributed by atoms with van der Waals surface area (Å²) >= 11 is 0. The van der Waals surface area contributed by atoms with E-state index in [2.05, 4.69) is 29.6 Å². The Kier molecular flexibility index (Phi) is 5.75. The Labute approximate surface area is 176 Å². The van der Waals surface area contributed by atoms with Crippen LogP contribution >= 0.6 is 0 Å². The van der Waals surface area contributed by atoms with Crippen LogP contribution in [0.5, 0.6) is 0 Å². The molecular weight excluding hydrogens is 374 g/mol. The zero-order chi connectivity index (χ0) is 20.9. The number of nitrogens with one attached hydrogen (secondary N) is 1. The molecular formula is C26H23NO3. The monoisotopic (exact) mass is 397 g/mol. The molecule has 0 bridgehead atoms. The fraction of sp³-hybridized carbons (Fsp3) is 0.154. The maximum Gasteiger partial charge on any atom is 0.338 e. The van der Waals surface area contributed by atoms with Gasteiger partial charge in [-0.3, -0.25) is 4.79 Å². The minimum atomic E-state index is -0.371. The average molecular weight is 397 g/mol. The fourth-order valence-electron chi connectivity index (χ4n) is 3.79. The summed E-state index contributed by atoms with van der Waals surface area (Å²) in [6.45, 7) is 2.09.